The summed E-state index contributed by atoms with van der Waals surface area (Å²) >= 11 is -1.56. The number of hydrogen-bond donors (Lipinski definition) is 1. The van der Waals surface area contributed by atoms with Gasteiger partial charge >= 0.3 is 0 Å². The Morgan fingerprint density at radius 2 is 1.72 bits per heavy atom. The van der Waals surface area contributed by atoms with E-state index in [1.165, 1.54) is 6.07 Å². The third kappa shape index (κ3) is 5.69. The third-order valence-corrected chi connectivity index (χ3v) is 4.59. The highest BCUT2D eigenvalue weighted by atomic mass is 32.2. The number of halogens is 1. The van der Waals surface area contributed by atoms with Crippen molar-refractivity contribution in [2.24, 2.45) is 0 Å². The Bertz CT molecular complexity index is 747. The summed E-state index contributed by atoms with van der Waals surface area (Å²) in [5, 5.41) is 2.64. The summed E-state index contributed by atoms with van der Waals surface area (Å²) in [4.78, 5) is 23.7. The zero-order valence-electron chi connectivity index (χ0n) is 14.1. The van der Waals surface area contributed by atoms with Gasteiger partial charge in [0.05, 0.1) is 0 Å². The van der Waals surface area contributed by atoms with Gasteiger partial charge in [-0.15, -0.1) is 0 Å². The lowest BCUT2D eigenvalue weighted by molar-refractivity contribution is -0.119. The number of ketones is 1. The van der Waals surface area contributed by atoms with E-state index in [1.54, 1.807) is 42.5 Å². The van der Waals surface area contributed by atoms with Gasteiger partial charge in [0.2, 0.25) is 5.78 Å². The van der Waals surface area contributed by atoms with E-state index in [0.717, 1.165) is 0 Å². The molecule has 1 N–H and O–H groups in total. The van der Waals surface area contributed by atoms with Gasteiger partial charge in [-0.2, -0.15) is 0 Å². The first-order chi connectivity index (χ1) is 11.9. The second-order valence-corrected chi connectivity index (χ2v) is 7.39. The molecule has 2 aromatic carbocycles. The van der Waals surface area contributed by atoms with Crippen LogP contribution in [0.15, 0.2) is 48.5 Å². The van der Waals surface area contributed by atoms with Gasteiger partial charge in [-0.25, -0.2) is 4.39 Å². The van der Waals surface area contributed by atoms with Crippen molar-refractivity contribution in [3.63, 3.8) is 0 Å². The van der Waals surface area contributed by atoms with Crippen LogP contribution in [-0.2, 0) is 16.0 Å². The number of carbonyl (C=O) groups is 2. The fourth-order valence-corrected chi connectivity index (χ4v) is 3.26. The first-order valence-electron chi connectivity index (χ1n) is 7.89. The van der Waals surface area contributed by atoms with Crippen LogP contribution in [0.3, 0.4) is 0 Å². The van der Waals surface area contributed by atoms with Crippen LogP contribution in [0.25, 0.3) is 11.1 Å². The second kappa shape index (κ2) is 8.78. The molecule has 0 aliphatic carbocycles. The van der Waals surface area contributed by atoms with Gasteiger partial charge in [0.25, 0.3) is 5.91 Å². The Kier molecular flexibility index (Phi) is 6.73. The molecule has 0 aliphatic rings. The molecule has 0 bridgehead atoms. The predicted octanol–water partition coefficient (Wildman–Crippen LogP) is 2.95. The van der Waals surface area contributed by atoms with E-state index in [9.17, 15) is 18.5 Å². The highest BCUT2D eigenvalue weighted by Crippen LogP contribution is 2.23. The van der Waals surface area contributed by atoms with Crippen molar-refractivity contribution in [3.05, 3.63) is 59.9 Å². The summed E-state index contributed by atoms with van der Waals surface area (Å²) in [7, 11) is 0. The molecule has 4 nitrogen and oxygen atoms in total. The lowest BCUT2D eigenvalue weighted by atomic mass is 10.0. The highest BCUT2D eigenvalue weighted by molar-refractivity contribution is 7.92. The predicted molar refractivity (Wildman–Crippen MR) is 97.3 cm³/mol. The summed E-state index contributed by atoms with van der Waals surface area (Å²) in [6, 6.07) is 12.8. The van der Waals surface area contributed by atoms with Crippen LogP contribution in [0, 0.1) is 5.82 Å². The fraction of sp³-hybridized carbons (Fsp3) is 0.263. The SMILES string of the molecule is CC(C)NC(=O)C[S+]([O-])CC(=O)c1ccc(-c2ccccc2F)cc1. The minimum absolute atomic E-state index is 0.0360. The van der Waals surface area contributed by atoms with Crippen molar-refractivity contribution in [3.8, 4) is 11.1 Å². The number of rotatable bonds is 7. The molecule has 1 amide bonds. The molecular weight excluding hydrogens is 341 g/mol. The third-order valence-electron chi connectivity index (χ3n) is 3.43. The molecule has 0 radical (unpaired) electrons. The van der Waals surface area contributed by atoms with E-state index in [2.05, 4.69) is 5.32 Å². The summed E-state index contributed by atoms with van der Waals surface area (Å²) in [5.74, 6) is -1.40. The fourth-order valence-electron chi connectivity index (χ4n) is 2.32. The van der Waals surface area contributed by atoms with E-state index in [-0.39, 0.29) is 35.1 Å². The van der Waals surface area contributed by atoms with E-state index in [1.807, 2.05) is 13.8 Å². The maximum Gasteiger partial charge on any atom is 0.270 e. The Balaban J connectivity index is 1.99. The van der Waals surface area contributed by atoms with Crippen LogP contribution in [0.1, 0.15) is 24.2 Å². The van der Waals surface area contributed by atoms with E-state index >= 15 is 0 Å². The van der Waals surface area contributed by atoms with Gasteiger partial charge in [-0.3, -0.25) is 9.59 Å². The molecular formula is C19H20FNO3S. The van der Waals surface area contributed by atoms with Crippen molar-refractivity contribution in [2.45, 2.75) is 19.9 Å². The van der Waals surface area contributed by atoms with E-state index < -0.39 is 11.2 Å². The molecule has 2 rings (SSSR count). The van der Waals surface area contributed by atoms with Gasteiger partial charge in [0.15, 0.2) is 11.5 Å². The minimum Gasteiger partial charge on any atom is -0.616 e. The van der Waals surface area contributed by atoms with Crippen molar-refractivity contribution in [2.75, 3.05) is 11.5 Å². The van der Waals surface area contributed by atoms with Crippen LogP contribution in [0.4, 0.5) is 4.39 Å². The summed E-state index contributed by atoms with van der Waals surface area (Å²) < 4.78 is 25.7. The Morgan fingerprint density at radius 1 is 1.08 bits per heavy atom. The van der Waals surface area contributed by atoms with Crippen LogP contribution < -0.4 is 5.32 Å². The van der Waals surface area contributed by atoms with Crippen LogP contribution in [-0.4, -0.2) is 33.8 Å². The average Bonchev–Trinajstić information content (AvgIpc) is 2.54. The number of hydrogen-bond acceptors (Lipinski definition) is 3. The lowest BCUT2D eigenvalue weighted by Gasteiger charge is -2.12. The quantitative estimate of drug-likeness (QED) is 0.609. The molecule has 0 saturated carbocycles. The number of benzene rings is 2. The summed E-state index contributed by atoms with van der Waals surface area (Å²) in [5.41, 5.74) is 1.50. The standard InChI is InChI=1S/C19H20FNO3S/c1-13(2)21-19(23)12-25(24)11-18(22)15-9-7-14(8-10-15)16-5-3-4-6-17(16)20/h3-10,13H,11-12H2,1-2H3,(H,21,23). The average molecular weight is 361 g/mol. The molecule has 0 aromatic heterocycles. The maximum absolute atomic E-state index is 13.8. The van der Waals surface area contributed by atoms with Crippen molar-refractivity contribution >= 4 is 22.9 Å². The number of amides is 1. The highest BCUT2D eigenvalue weighted by Gasteiger charge is 2.19. The Hall–Kier alpha value is -2.18. The van der Waals surface area contributed by atoms with Gasteiger partial charge in [-0.05, 0) is 36.7 Å². The van der Waals surface area contributed by atoms with Crippen LogP contribution in [0.5, 0.6) is 0 Å². The lowest BCUT2D eigenvalue weighted by Crippen LogP contribution is -2.36. The molecule has 0 saturated heterocycles. The number of nitrogens with one attached hydrogen (secondary N) is 1. The molecule has 0 heterocycles. The largest absolute Gasteiger partial charge is 0.616 e. The Morgan fingerprint density at radius 3 is 2.32 bits per heavy atom. The van der Waals surface area contributed by atoms with Gasteiger partial charge in [-0.1, -0.05) is 42.5 Å². The van der Waals surface area contributed by atoms with Gasteiger partial charge < -0.3 is 9.87 Å². The molecule has 25 heavy (non-hydrogen) atoms. The number of Topliss-reactive ketones (excluding diaryl/α,β-unsaturated/α-hetero) is 1. The molecule has 2 aromatic rings. The molecule has 1 atom stereocenters. The topological polar surface area (TPSA) is 69.2 Å². The first-order valence-corrected chi connectivity index (χ1v) is 9.38. The molecule has 0 spiro atoms. The molecule has 0 aliphatic heterocycles. The van der Waals surface area contributed by atoms with Crippen LogP contribution in [0.2, 0.25) is 0 Å². The van der Waals surface area contributed by atoms with Gasteiger partial charge in [0, 0.05) is 17.2 Å². The van der Waals surface area contributed by atoms with E-state index in [0.29, 0.717) is 16.7 Å². The second-order valence-electron chi connectivity index (χ2n) is 5.93. The minimum atomic E-state index is -1.56. The maximum atomic E-state index is 13.8. The monoisotopic (exact) mass is 361 g/mol. The molecule has 0 fully saturated rings. The zero-order chi connectivity index (χ0) is 18.4. The Labute approximate surface area is 149 Å². The normalized spacial score (nSPS) is 12.0. The van der Waals surface area contributed by atoms with Crippen molar-refractivity contribution < 1.29 is 18.5 Å². The summed E-state index contributed by atoms with van der Waals surface area (Å²) in [6.07, 6.45) is 0. The smallest absolute Gasteiger partial charge is 0.270 e. The first kappa shape index (κ1) is 19.1. The zero-order valence-corrected chi connectivity index (χ0v) is 14.9. The van der Waals surface area contributed by atoms with Crippen LogP contribution >= 0.6 is 0 Å². The van der Waals surface area contributed by atoms with Crippen molar-refractivity contribution in [1.82, 2.24) is 5.32 Å². The van der Waals surface area contributed by atoms with Gasteiger partial charge in [0.1, 0.15) is 5.82 Å². The molecule has 132 valence electrons. The molecule has 1 unspecified atom stereocenters. The molecule has 6 heteroatoms. The summed E-state index contributed by atoms with van der Waals surface area (Å²) in [6.45, 7) is 3.62. The van der Waals surface area contributed by atoms with Crippen molar-refractivity contribution in [1.29, 1.82) is 0 Å². The van der Waals surface area contributed by atoms with E-state index in [4.69, 9.17) is 0 Å². The number of carbonyl (C=O) groups excluding carboxylic acids is 2.